The molecule has 1 amide bonds. The van der Waals surface area contributed by atoms with E-state index in [1.54, 1.807) is 24.3 Å². The number of sulfonamides is 1. The van der Waals surface area contributed by atoms with Crippen molar-refractivity contribution in [1.82, 2.24) is 4.72 Å². The highest BCUT2D eigenvalue weighted by Gasteiger charge is 2.22. The fourth-order valence-corrected chi connectivity index (χ4v) is 3.30. The van der Waals surface area contributed by atoms with Gasteiger partial charge in [-0.25, -0.2) is 13.1 Å². The Balaban J connectivity index is 1.98. The topological polar surface area (TPSA) is 128 Å². The second-order valence-corrected chi connectivity index (χ2v) is 7.50. The van der Waals surface area contributed by atoms with Crippen molar-refractivity contribution in [3.05, 3.63) is 57.6 Å². The maximum atomic E-state index is 12.3. The minimum Gasteiger partial charge on any atom is -0.490 e. The lowest BCUT2D eigenvalue weighted by Crippen LogP contribution is -2.28. The number of nitrogens with zero attached hydrogens (tertiary/aromatic N) is 1. The van der Waals surface area contributed by atoms with Crippen molar-refractivity contribution in [3.63, 3.8) is 0 Å². The van der Waals surface area contributed by atoms with E-state index in [9.17, 15) is 23.3 Å². The number of hydrogen-bond acceptors (Lipinski definition) is 6. The molecule has 2 aromatic rings. The standard InChI is InChI=1S/C16H16ClN3O6S/c1-26-15-7-6-13(10-14(15)20(22)23)27(24,25)18-9-8-16(21)19-12-4-2-11(17)3-5-12/h2-7,10,18H,8-9H2,1H3,(H,19,21). The normalized spacial score (nSPS) is 11.0. The number of nitrogens with one attached hydrogen (secondary N) is 2. The summed E-state index contributed by atoms with van der Waals surface area (Å²) in [6.07, 6.45) is -0.125. The van der Waals surface area contributed by atoms with Crippen LogP contribution in [0.4, 0.5) is 11.4 Å². The van der Waals surface area contributed by atoms with Crippen molar-refractivity contribution >= 4 is 38.9 Å². The van der Waals surface area contributed by atoms with Crippen LogP contribution in [0, 0.1) is 10.1 Å². The highest BCUT2D eigenvalue weighted by molar-refractivity contribution is 7.89. The molecule has 11 heteroatoms. The van der Waals surface area contributed by atoms with Crippen molar-refractivity contribution in [2.75, 3.05) is 19.0 Å². The van der Waals surface area contributed by atoms with Gasteiger partial charge in [0.1, 0.15) is 0 Å². The molecule has 2 aromatic carbocycles. The van der Waals surface area contributed by atoms with E-state index in [1.807, 2.05) is 0 Å². The molecule has 0 saturated heterocycles. The Hall–Kier alpha value is -2.69. The van der Waals surface area contributed by atoms with Crippen LogP contribution in [0.5, 0.6) is 5.75 Å². The summed E-state index contributed by atoms with van der Waals surface area (Å²) in [4.78, 5) is 21.8. The van der Waals surface area contributed by atoms with Gasteiger partial charge in [0, 0.05) is 29.7 Å². The summed E-state index contributed by atoms with van der Waals surface area (Å²) < 4.78 is 31.6. The largest absolute Gasteiger partial charge is 0.490 e. The van der Waals surface area contributed by atoms with E-state index in [1.165, 1.54) is 19.2 Å². The van der Waals surface area contributed by atoms with E-state index in [0.29, 0.717) is 10.7 Å². The summed E-state index contributed by atoms with van der Waals surface area (Å²) in [6, 6.07) is 9.71. The summed E-state index contributed by atoms with van der Waals surface area (Å²) in [5.41, 5.74) is 0.0545. The fraction of sp³-hybridized carbons (Fsp3) is 0.188. The Morgan fingerprint density at radius 1 is 1.22 bits per heavy atom. The molecule has 0 saturated carbocycles. The van der Waals surface area contributed by atoms with Gasteiger partial charge in [-0.1, -0.05) is 11.6 Å². The average molecular weight is 414 g/mol. The van der Waals surface area contributed by atoms with Crippen LogP contribution in [-0.4, -0.2) is 32.9 Å². The second kappa shape index (κ2) is 8.80. The lowest BCUT2D eigenvalue weighted by molar-refractivity contribution is -0.386. The van der Waals surface area contributed by atoms with Gasteiger partial charge in [0.15, 0.2) is 5.75 Å². The van der Waals surface area contributed by atoms with Crippen LogP contribution in [0.1, 0.15) is 6.42 Å². The zero-order valence-electron chi connectivity index (χ0n) is 14.1. The first-order valence-corrected chi connectivity index (χ1v) is 9.46. The molecule has 0 aromatic heterocycles. The molecule has 0 radical (unpaired) electrons. The molecular formula is C16H16ClN3O6S. The van der Waals surface area contributed by atoms with Gasteiger partial charge < -0.3 is 10.1 Å². The van der Waals surface area contributed by atoms with Crippen molar-refractivity contribution < 1.29 is 22.9 Å². The average Bonchev–Trinajstić information content (AvgIpc) is 2.62. The first-order chi connectivity index (χ1) is 12.7. The predicted molar refractivity (Wildman–Crippen MR) is 99.5 cm³/mol. The quantitative estimate of drug-likeness (QED) is 0.505. The van der Waals surface area contributed by atoms with Crippen molar-refractivity contribution in [2.24, 2.45) is 0 Å². The third-order valence-electron chi connectivity index (χ3n) is 3.43. The van der Waals surface area contributed by atoms with E-state index >= 15 is 0 Å². The first-order valence-electron chi connectivity index (χ1n) is 7.60. The van der Waals surface area contributed by atoms with E-state index in [0.717, 1.165) is 6.07 Å². The maximum Gasteiger partial charge on any atom is 0.312 e. The molecule has 144 valence electrons. The van der Waals surface area contributed by atoms with Crippen LogP contribution in [-0.2, 0) is 14.8 Å². The summed E-state index contributed by atoms with van der Waals surface area (Å²) in [7, 11) is -2.78. The van der Waals surface area contributed by atoms with Crippen LogP contribution in [0.25, 0.3) is 0 Å². The Morgan fingerprint density at radius 2 is 1.89 bits per heavy atom. The van der Waals surface area contributed by atoms with E-state index in [-0.39, 0.29) is 23.6 Å². The van der Waals surface area contributed by atoms with Crippen molar-refractivity contribution in [1.29, 1.82) is 0 Å². The Labute approximate surface area is 160 Å². The van der Waals surface area contributed by atoms with E-state index in [2.05, 4.69) is 10.0 Å². The number of carbonyl (C=O) groups excluding carboxylic acids is 1. The predicted octanol–water partition coefficient (Wildman–Crippen LogP) is 2.56. The number of benzene rings is 2. The van der Waals surface area contributed by atoms with Crippen LogP contribution < -0.4 is 14.8 Å². The number of hydrogen-bond donors (Lipinski definition) is 2. The Bertz CT molecular complexity index is 947. The van der Waals surface area contributed by atoms with E-state index < -0.39 is 26.5 Å². The molecule has 9 nitrogen and oxygen atoms in total. The van der Waals surface area contributed by atoms with Crippen molar-refractivity contribution in [2.45, 2.75) is 11.3 Å². The number of nitro groups is 1. The summed E-state index contributed by atoms with van der Waals surface area (Å²) in [6.45, 7) is -0.179. The molecule has 0 heterocycles. The number of nitro benzene ring substituents is 1. The number of anilines is 1. The highest BCUT2D eigenvalue weighted by Crippen LogP contribution is 2.29. The third kappa shape index (κ3) is 5.64. The van der Waals surface area contributed by atoms with Gasteiger partial charge in [-0.15, -0.1) is 0 Å². The monoisotopic (exact) mass is 413 g/mol. The van der Waals surface area contributed by atoms with Gasteiger partial charge in [0.05, 0.1) is 16.9 Å². The number of rotatable bonds is 8. The molecule has 0 unspecified atom stereocenters. The molecule has 0 aliphatic rings. The number of carbonyl (C=O) groups is 1. The molecule has 0 bridgehead atoms. The van der Waals surface area contributed by atoms with E-state index in [4.69, 9.17) is 16.3 Å². The zero-order chi connectivity index (χ0) is 20.0. The van der Waals surface area contributed by atoms with Crippen LogP contribution in [0.15, 0.2) is 47.4 Å². The molecule has 0 aliphatic carbocycles. The lowest BCUT2D eigenvalue weighted by Gasteiger charge is -2.09. The maximum absolute atomic E-state index is 12.3. The third-order valence-corrected chi connectivity index (χ3v) is 5.14. The molecule has 2 N–H and O–H groups in total. The molecule has 0 spiro atoms. The van der Waals surface area contributed by atoms with Gasteiger partial charge in [-0.05, 0) is 36.4 Å². The Kier molecular flexibility index (Phi) is 6.72. The van der Waals surface area contributed by atoms with Crippen LogP contribution >= 0.6 is 11.6 Å². The minimum absolute atomic E-state index is 0.0544. The summed E-state index contributed by atoms with van der Waals surface area (Å²) in [5, 5.41) is 14.1. The molecule has 27 heavy (non-hydrogen) atoms. The molecular weight excluding hydrogens is 398 g/mol. The van der Waals surface area contributed by atoms with Gasteiger partial charge in [0.2, 0.25) is 15.9 Å². The molecule has 0 fully saturated rings. The summed E-state index contributed by atoms with van der Waals surface area (Å²) >= 11 is 5.75. The van der Waals surface area contributed by atoms with Crippen LogP contribution in [0.3, 0.4) is 0 Å². The first kappa shape index (κ1) is 20.6. The smallest absolute Gasteiger partial charge is 0.312 e. The zero-order valence-corrected chi connectivity index (χ0v) is 15.7. The Morgan fingerprint density at radius 3 is 2.48 bits per heavy atom. The summed E-state index contributed by atoms with van der Waals surface area (Å²) in [5.74, 6) is -0.456. The number of ether oxygens (including phenoxy) is 1. The van der Waals surface area contributed by atoms with Crippen molar-refractivity contribution in [3.8, 4) is 5.75 Å². The molecule has 0 aliphatic heterocycles. The lowest BCUT2D eigenvalue weighted by atomic mass is 10.3. The van der Waals surface area contributed by atoms with Gasteiger partial charge in [0.25, 0.3) is 0 Å². The molecule has 2 rings (SSSR count). The minimum atomic E-state index is -4.02. The van der Waals surface area contributed by atoms with Gasteiger partial charge >= 0.3 is 5.69 Å². The number of amides is 1. The number of halogens is 1. The molecule has 0 atom stereocenters. The highest BCUT2D eigenvalue weighted by atomic mass is 35.5. The fourth-order valence-electron chi connectivity index (χ4n) is 2.12. The SMILES string of the molecule is COc1ccc(S(=O)(=O)NCCC(=O)Nc2ccc(Cl)cc2)cc1[N+](=O)[O-]. The second-order valence-electron chi connectivity index (χ2n) is 5.29. The van der Waals surface area contributed by atoms with Crippen LogP contribution in [0.2, 0.25) is 5.02 Å². The number of methoxy groups -OCH3 is 1. The van der Waals surface area contributed by atoms with Gasteiger partial charge in [-0.2, -0.15) is 0 Å². The van der Waals surface area contributed by atoms with Gasteiger partial charge in [-0.3, -0.25) is 14.9 Å².